The van der Waals surface area contributed by atoms with Crippen LogP contribution in [0.2, 0.25) is 0 Å². The van der Waals surface area contributed by atoms with E-state index in [9.17, 15) is 15.0 Å². The fourth-order valence-electron chi connectivity index (χ4n) is 8.26. The number of carboxylic acids is 1. The van der Waals surface area contributed by atoms with Crippen LogP contribution in [0.5, 0.6) is 0 Å². The number of allylic oxidation sites excluding steroid dienone is 15. The molecule has 5 heterocycles. The number of carbonyl (C=O) groups is 1. The number of aliphatic carboxylic acids is 1. The molecule has 8 bridgehead atoms. The number of carboxylic acid groups (broad SMARTS) is 1. The second-order valence-electron chi connectivity index (χ2n) is 15.0. The van der Waals surface area contributed by atoms with Crippen molar-refractivity contribution in [3.8, 4) is 11.8 Å². The summed E-state index contributed by atoms with van der Waals surface area (Å²) in [5.41, 5.74) is 14.0. The Morgan fingerprint density at radius 1 is 0.930 bits per heavy atom. The summed E-state index contributed by atoms with van der Waals surface area (Å²) in [5.74, 6) is 7.02. The lowest BCUT2D eigenvalue weighted by Crippen LogP contribution is -2.15. The van der Waals surface area contributed by atoms with Crippen LogP contribution in [0, 0.1) is 23.7 Å². The predicted molar refractivity (Wildman–Crippen MR) is 222 cm³/mol. The third kappa shape index (κ3) is 8.26. The fourth-order valence-corrected chi connectivity index (χ4v) is 8.26. The number of aliphatic hydroxyl groups is 1. The first-order valence-electron chi connectivity index (χ1n) is 20.0. The van der Waals surface area contributed by atoms with E-state index in [1.54, 1.807) is 7.11 Å². The molecule has 0 aromatic carbocycles. The first-order valence-corrected chi connectivity index (χ1v) is 20.0. The zero-order valence-corrected chi connectivity index (χ0v) is 33.8. The molecule has 5 aliphatic heterocycles. The Hall–Kier alpha value is -5.28. The van der Waals surface area contributed by atoms with Crippen molar-refractivity contribution in [2.24, 2.45) is 26.8 Å². The molecule has 0 aromatic heterocycles. The van der Waals surface area contributed by atoms with Crippen molar-refractivity contribution in [2.75, 3.05) is 46.8 Å². The van der Waals surface area contributed by atoms with E-state index in [1.165, 1.54) is 0 Å². The number of hydrogen-bond acceptors (Lipinski definition) is 10. The number of aliphatic imine (C=N–C) groups is 3. The van der Waals surface area contributed by atoms with Gasteiger partial charge in [0.15, 0.2) is 0 Å². The van der Waals surface area contributed by atoms with Crippen molar-refractivity contribution < 1.29 is 34.0 Å². The second-order valence-corrected chi connectivity index (χ2v) is 15.0. The monoisotopic (exact) mass is 772 g/mol. The lowest BCUT2D eigenvalue weighted by molar-refractivity contribution is -0.137. The Kier molecular flexibility index (Phi) is 12.2. The first kappa shape index (κ1) is 39.9. The van der Waals surface area contributed by atoms with Crippen LogP contribution in [0.4, 0.5) is 0 Å². The smallest absolute Gasteiger partial charge is 0.303 e. The summed E-state index contributed by atoms with van der Waals surface area (Å²) in [7, 11) is 1.65. The normalized spacial score (nSPS) is 22.5. The maximum atomic E-state index is 11.8. The molecule has 0 aromatic rings. The molecular formula is C46H52N4O7. The van der Waals surface area contributed by atoms with Gasteiger partial charge in [-0.1, -0.05) is 31.8 Å². The molecule has 2 atom stereocenters. The lowest BCUT2D eigenvalue weighted by Gasteiger charge is -2.17. The van der Waals surface area contributed by atoms with Gasteiger partial charge in [0.25, 0.3) is 0 Å². The van der Waals surface area contributed by atoms with E-state index in [-0.39, 0.29) is 24.0 Å². The van der Waals surface area contributed by atoms with Gasteiger partial charge < -0.3 is 34.5 Å². The van der Waals surface area contributed by atoms with Crippen molar-refractivity contribution in [3.05, 3.63) is 115 Å². The minimum Gasteiger partial charge on any atom is -0.511 e. The highest BCUT2D eigenvalue weighted by Crippen LogP contribution is 2.46. The Labute approximate surface area is 335 Å². The molecule has 0 amide bonds. The van der Waals surface area contributed by atoms with Crippen LogP contribution in [0.25, 0.3) is 0 Å². The Morgan fingerprint density at radius 3 is 2.42 bits per heavy atom. The predicted octanol–water partition coefficient (Wildman–Crippen LogP) is 7.83. The van der Waals surface area contributed by atoms with Crippen molar-refractivity contribution in [1.29, 1.82) is 0 Å². The van der Waals surface area contributed by atoms with E-state index in [0.717, 1.165) is 115 Å². The van der Waals surface area contributed by atoms with Crippen molar-refractivity contribution in [3.63, 3.8) is 0 Å². The summed E-state index contributed by atoms with van der Waals surface area (Å²) in [5, 5.41) is 24.7. The van der Waals surface area contributed by atoms with Gasteiger partial charge >= 0.3 is 5.97 Å². The standard InChI is InChI=1S/C46H52N4O7/c1-7-31-26(2)36-24-40-32(13-12-30-10-8-9-11-42(30)57-21-20-56-19-18-55-17-16-54-6)27(3)35(48-40)23-37-28(4)33(14-15-43(52)53)45(49-37)34-22-41(51)44-29(5)38(50-46(34)44)25-39(31)47-36/h9,11,23-25,28,33,49,51H,7-8,10,14-22H2,1-6H3,(H,52,53)/t28-,33-/m0/s1. The molecule has 11 nitrogen and oxygen atoms in total. The number of aliphatic hydroxyl groups excluding tert-OH is 1. The molecule has 7 rings (SSSR count). The largest absolute Gasteiger partial charge is 0.511 e. The summed E-state index contributed by atoms with van der Waals surface area (Å²) in [6, 6.07) is 0. The molecule has 0 spiro atoms. The van der Waals surface area contributed by atoms with E-state index in [0.29, 0.717) is 52.5 Å². The SMILES string of the molecule is CCC1=C(C)C2=NC1=CC1=C(C)C3=C(O)CC(=C4NC(=CC5=NC(=C2)C(C#CC2=C(OCCOCCOCCOC)C=CCC2)=C5C)[C@@H](C)[C@@H]4CCC(=O)O)C3=N1. The number of hydrogen-bond donors (Lipinski definition) is 3. The fraction of sp³-hybridized carbons (Fsp3) is 0.435. The molecule has 1 fully saturated rings. The molecule has 298 valence electrons. The summed E-state index contributed by atoms with van der Waals surface area (Å²) in [6.45, 7) is 13.3. The Bertz CT molecular complexity index is 2230. The number of nitrogens with zero attached hydrogens (tertiary/aromatic N) is 3. The maximum Gasteiger partial charge on any atom is 0.303 e. The number of rotatable bonds is 14. The minimum absolute atomic E-state index is 0.0280. The van der Waals surface area contributed by atoms with Gasteiger partial charge in [-0.05, 0) is 93.1 Å². The lowest BCUT2D eigenvalue weighted by atomic mass is 9.86. The average molecular weight is 773 g/mol. The number of nitrogens with one attached hydrogen (secondary N) is 1. The quantitative estimate of drug-likeness (QED) is 0.120. The van der Waals surface area contributed by atoms with E-state index in [4.69, 9.17) is 33.9 Å². The van der Waals surface area contributed by atoms with Gasteiger partial charge in [0, 0.05) is 59.9 Å². The molecule has 3 N–H and O–H groups in total. The number of fused-ring (bicyclic) bond motifs is 5. The van der Waals surface area contributed by atoms with Gasteiger partial charge in [0.1, 0.15) is 18.1 Å². The molecular weight excluding hydrogens is 721 g/mol. The number of ether oxygens (including phenoxy) is 4. The number of methoxy groups -OCH3 is 1. The van der Waals surface area contributed by atoms with E-state index in [1.807, 2.05) is 25.2 Å². The molecule has 0 radical (unpaired) electrons. The van der Waals surface area contributed by atoms with Crippen LogP contribution in [0.15, 0.2) is 130 Å². The summed E-state index contributed by atoms with van der Waals surface area (Å²) in [6.07, 6.45) is 13.5. The Morgan fingerprint density at radius 2 is 1.67 bits per heavy atom. The highest BCUT2D eigenvalue weighted by Gasteiger charge is 2.41. The van der Waals surface area contributed by atoms with Crippen molar-refractivity contribution in [2.45, 2.75) is 73.1 Å². The van der Waals surface area contributed by atoms with Gasteiger partial charge in [-0.15, -0.1) is 0 Å². The zero-order chi connectivity index (χ0) is 40.2. The van der Waals surface area contributed by atoms with Gasteiger partial charge in [-0.2, -0.15) is 0 Å². The molecule has 11 heteroatoms. The highest BCUT2D eigenvalue weighted by molar-refractivity contribution is 6.21. The third-order valence-corrected chi connectivity index (χ3v) is 11.5. The van der Waals surface area contributed by atoms with Gasteiger partial charge in [0.05, 0.1) is 72.8 Å². The third-order valence-electron chi connectivity index (χ3n) is 11.5. The van der Waals surface area contributed by atoms with Crippen LogP contribution < -0.4 is 5.32 Å². The molecule has 7 aliphatic rings. The summed E-state index contributed by atoms with van der Waals surface area (Å²) >= 11 is 0. The van der Waals surface area contributed by atoms with Crippen molar-refractivity contribution in [1.82, 2.24) is 5.32 Å². The highest BCUT2D eigenvalue weighted by atomic mass is 16.6. The maximum absolute atomic E-state index is 11.8. The van der Waals surface area contributed by atoms with E-state index < -0.39 is 5.97 Å². The average Bonchev–Trinajstić information content (AvgIpc) is 3.95. The van der Waals surface area contributed by atoms with Gasteiger partial charge in [0.2, 0.25) is 0 Å². The topological polar surface area (TPSA) is 144 Å². The van der Waals surface area contributed by atoms with E-state index in [2.05, 4.69) is 57.0 Å². The van der Waals surface area contributed by atoms with Crippen LogP contribution in [0.3, 0.4) is 0 Å². The molecule has 2 aliphatic carbocycles. The van der Waals surface area contributed by atoms with Crippen LogP contribution in [0.1, 0.15) is 73.1 Å². The first-order chi connectivity index (χ1) is 27.6. The minimum atomic E-state index is -0.839. The molecule has 0 unspecified atom stereocenters. The van der Waals surface area contributed by atoms with Crippen LogP contribution in [-0.4, -0.2) is 80.1 Å². The van der Waals surface area contributed by atoms with Crippen molar-refractivity contribution >= 4 is 23.1 Å². The van der Waals surface area contributed by atoms with Gasteiger partial charge in [-0.25, -0.2) is 15.0 Å². The second kappa shape index (κ2) is 17.5. The molecule has 57 heavy (non-hydrogen) atoms. The van der Waals surface area contributed by atoms with Gasteiger partial charge in [-0.3, -0.25) is 4.79 Å². The Balaban J connectivity index is 1.27. The van der Waals surface area contributed by atoms with Crippen LogP contribution >= 0.6 is 0 Å². The molecule has 0 saturated carbocycles. The molecule has 1 saturated heterocycles. The summed E-state index contributed by atoms with van der Waals surface area (Å²) in [4.78, 5) is 27.3. The van der Waals surface area contributed by atoms with E-state index >= 15 is 0 Å². The summed E-state index contributed by atoms with van der Waals surface area (Å²) < 4.78 is 22.3. The van der Waals surface area contributed by atoms with Crippen LogP contribution in [-0.2, 0) is 23.7 Å². The zero-order valence-electron chi connectivity index (χ0n) is 33.8.